The van der Waals surface area contributed by atoms with Crippen molar-refractivity contribution >= 4 is 22.6 Å². The first-order valence-corrected chi connectivity index (χ1v) is 5.47. The van der Waals surface area contributed by atoms with Crippen LogP contribution in [-0.4, -0.2) is 0 Å². The topological polar surface area (TPSA) is 0 Å². The first-order valence-electron chi connectivity index (χ1n) is 3.94. The molecule has 0 radical (unpaired) electrons. The van der Waals surface area contributed by atoms with Gasteiger partial charge in [0.05, 0.1) is 0 Å². The zero-order valence-electron chi connectivity index (χ0n) is 6.63. The van der Waals surface area contributed by atoms with Crippen LogP contribution < -0.4 is 0 Å². The summed E-state index contributed by atoms with van der Waals surface area (Å²) < 4.78 is 1.08. The normalized spacial score (nSPS) is 10.4. The molecule has 1 heteroatoms. The summed E-state index contributed by atoms with van der Waals surface area (Å²) in [6, 6.07) is 15.0. The Morgan fingerprint density at radius 3 is 2.50 bits per heavy atom. The maximum absolute atomic E-state index is 2.40. The van der Waals surface area contributed by atoms with Crippen LogP contribution in [0.5, 0.6) is 0 Å². The van der Waals surface area contributed by atoms with E-state index in [4.69, 9.17) is 0 Å². The molecule has 0 heterocycles. The number of hydrogen-bond donors (Lipinski definition) is 0. The number of alkyl halides is 1. The van der Waals surface area contributed by atoms with Crippen molar-refractivity contribution in [1.82, 2.24) is 0 Å². The summed E-state index contributed by atoms with van der Waals surface area (Å²) in [5.41, 5.74) is 4.14. The molecular formula is C11H9I. The van der Waals surface area contributed by atoms with Gasteiger partial charge in [-0.15, -0.1) is 0 Å². The van der Waals surface area contributed by atoms with Gasteiger partial charge in [-0.05, 0) is 16.7 Å². The fourth-order valence-corrected chi connectivity index (χ4v) is 2.07. The molecule has 0 unspecified atom stereocenters. The molecular weight excluding hydrogens is 259 g/mol. The Bertz CT molecular complexity index is 354. The molecule has 2 aliphatic rings. The Morgan fingerprint density at radius 1 is 0.917 bits per heavy atom. The third-order valence-electron chi connectivity index (χ3n) is 2.02. The van der Waals surface area contributed by atoms with E-state index in [-0.39, 0.29) is 0 Å². The van der Waals surface area contributed by atoms with Crippen LogP contribution in [-0.2, 0) is 4.43 Å². The summed E-state index contributed by atoms with van der Waals surface area (Å²) in [7, 11) is 0. The number of fused-ring (bicyclic) bond motifs is 1. The largest absolute Gasteiger partial charge is 0.0812 e. The lowest BCUT2D eigenvalue weighted by molar-refractivity contribution is 1.50. The van der Waals surface area contributed by atoms with Gasteiger partial charge < -0.3 is 0 Å². The highest BCUT2D eigenvalue weighted by atomic mass is 127. The maximum Gasteiger partial charge on any atom is 0.0253 e. The zero-order chi connectivity index (χ0) is 8.39. The second-order valence-corrected chi connectivity index (χ2v) is 3.53. The van der Waals surface area contributed by atoms with Gasteiger partial charge in [0.1, 0.15) is 0 Å². The predicted molar refractivity (Wildman–Crippen MR) is 60.8 cm³/mol. The molecule has 0 saturated heterocycles. The van der Waals surface area contributed by atoms with E-state index >= 15 is 0 Å². The van der Waals surface area contributed by atoms with Gasteiger partial charge in [0, 0.05) is 4.43 Å². The van der Waals surface area contributed by atoms with E-state index < -0.39 is 0 Å². The van der Waals surface area contributed by atoms with Gasteiger partial charge >= 0.3 is 0 Å². The summed E-state index contributed by atoms with van der Waals surface area (Å²) in [6.07, 6.45) is 0. The molecule has 0 aromatic carbocycles. The Morgan fingerprint density at radius 2 is 1.67 bits per heavy atom. The molecule has 2 aliphatic carbocycles. The first kappa shape index (κ1) is 8.05. The number of halogens is 1. The summed E-state index contributed by atoms with van der Waals surface area (Å²) in [5, 5.41) is 0. The minimum atomic E-state index is 1.08. The monoisotopic (exact) mass is 268 g/mol. The van der Waals surface area contributed by atoms with E-state index in [1.165, 1.54) is 16.7 Å². The van der Waals surface area contributed by atoms with Crippen LogP contribution in [0.25, 0.3) is 11.1 Å². The van der Waals surface area contributed by atoms with Gasteiger partial charge in [-0.3, -0.25) is 0 Å². The minimum Gasteiger partial charge on any atom is -0.0812 e. The van der Waals surface area contributed by atoms with Crippen molar-refractivity contribution in [3.63, 3.8) is 0 Å². The summed E-state index contributed by atoms with van der Waals surface area (Å²) in [4.78, 5) is 0. The molecule has 2 rings (SSSR count). The molecule has 0 atom stereocenters. The van der Waals surface area contributed by atoms with Crippen molar-refractivity contribution in [2.45, 2.75) is 4.43 Å². The second-order valence-electron chi connectivity index (χ2n) is 2.77. The highest BCUT2D eigenvalue weighted by Crippen LogP contribution is 2.26. The van der Waals surface area contributed by atoms with E-state index in [1.807, 2.05) is 0 Å². The molecule has 60 valence electrons. The SMILES string of the molecule is ICc1ccccc2cccc1-2. The molecule has 0 bridgehead atoms. The molecule has 0 N–H and O–H groups in total. The smallest absolute Gasteiger partial charge is 0.0253 e. The highest BCUT2D eigenvalue weighted by molar-refractivity contribution is 14.1. The van der Waals surface area contributed by atoms with Crippen LogP contribution >= 0.6 is 22.6 Å². The van der Waals surface area contributed by atoms with Gasteiger partial charge in [-0.1, -0.05) is 65.1 Å². The minimum absolute atomic E-state index is 1.08. The lowest BCUT2D eigenvalue weighted by atomic mass is 10.1. The van der Waals surface area contributed by atoms with Gasteiger partial charge in [0.2, 0.25) is 0 Å². The van der Waals surface area contributed by atoms with Crippen LogP contribution in [0, 0.1) is 0 Å². The lowest BCUT2D eigenvalue weighted by Crippen LogP contribution is -1.76. The van der Waals surface area contributed by atoms with Gasteiger partial charge in [-0.2, -0.15) is 0 Å². The Balaban J connectivity index is 2.69. The van der Waals surface area contributed by atoms with Crippen LogP contribution in [0.4, 0.5) is 0 Å². The van der Waals surface area contributed by atoms with E-state index in [2.05, 4.69) is 65.1 Å². The van der Waals surface area contributed by atoms with E-state index in [1.54, 1.807) is 0 Å². The molecule has 0 aromatic heterocycles. The first-order chi connectivity index (χ1) is 5.92. The standard InChI is InChI=1S/C11H9I/c12-8-10-5-2-1-4-9-6-3-7-11(9)10/h1-7H,8H2. The summed E-state index contributed by atoms with van der Waals surface area (Å²) in [5.74, 6) is 0. The molecule has 0 fully saturated rings. The highest BCUT2D eigenvalue weighted by Gasteiger charge is 2.03. The van der Waals surface area contributed by atoms with Crippen molar-refractivity contribution in [3.8, 4) is 11.1 Å². The van der Waals surface area contributed by atoms with Crippen molar-refractivity contribution in [3.05, 3.63) is 48.0 Å². The summed E-state index contributed by atoms with van der Waals surface area (Å²) >= 11 is 2.40. The zero-order valence-corrected chi connectivity index (χ0v) is 8.78. The second kappa shape index (κ2) is 3.44. The molecule has 0 nitrogen and oxygen atoms in total. The van der Waals surface area contributed by atoms with Crippen LogP contribution in [0.1, 0.15) is 5.56 Å². The summed E-state index contributed by atoms with van der Waals surface area (Å²) in [6.45, 7) is 0. The van der Waals surface area contributed by atoms with Crippen molar-refractivity contribution < 1.29 is 0 Å². The fourth-order valence-electron chi connectivity index (χ4n) is 1.41. The van der Waals surface area contributed by atoms with Crippen molar-refractivity contribution in [1.29, 1.82) is 0 Å². The molecule has 0 aliphatic heterocycles. The molecule has 0 saturated carbocycles. The lowest BCUT2D eigenvalue weighted by Gasteiger charge is -1.97. The van der Waals surface area contributed by atoms with Crippen LogP contribution in [0.15, 0.2) is 42.5 Å². The Hall–Kier alpha value is -0.570. The van der Waals surface area contributed by atoms with Crippen LogP contribution in [0.3, 0.4) is 0 Å². The predicted octanol–water partition coefficient (Wildman–Crippen LogP) is 3.73. The van der Waals surface area contributed by atoms with Gasteiger partial charge in [-0.25, -0.2) is 0 Å². The maximum atomic E-state index is 2.40. The van der Waals surface area contributed by atoms with E-state index in [9.17, 15) is 0 Å². The van der Waals surface area contributed by atoms with E-state index in [0.29, 0.717) is 0 Å². The Labute approximate surface area is 86.1 Å². The van der Waals surface area contributed by atoms with Crippen LogP contribution in [0.2, 0.25) is 0 Å². The van der Waals surface area contributed by atoms with Crippen molar-refractivity contribution in [2.75, 3.05) is 0 Å². The molecule has 0 spiro atoms. The third kappa shape index (κ3) is 1.33. The average molecular weight is 268 g/mol. The van der Waals surface area contributed by atoms with Gasteiger partial charge in [0.25, 0.3) is 0 Å². The van der Waals surface area contributed by atoms with Crippen molar-refractivity contribution in [2.24, 2.45) is 0 Å². The van der Waals surface area contributed by atoms with E-state index in [0.717, 1.165) is 4.43 Å². The number of rotatable bonds is 1. The average Bonchev–Trinajstić information content (AvgIpc) is 2.46. The quantitative estimate of drug-likeness (QED) is 0.546. The molecule has 0 amide bonds. The Kier molecular flexibility index (Phi) is 2.30. The molecule has 12 heavy (non-hydrogen) atoms. The molecule has 0 aromatic rings. The number of hydrogen-bond acceptors (Lipinski definition) is 0. The third-order valence-corrected chi connectivity index (χ3v) is 2.85. The van der Waals surface area contributed by atoms with Gasteiger partial charge in [0.15, 0.2) is 0 Å². The fraction of sp³-hybridized carbons (Fsp3) is 0.0909.